The van der Waals surface area contributed by atoms with E-state index in [4.69, 9.17) is 0 Å². The van der Waals surface area contributed by atoms with Crippen LogP contribution in [0.15, 0.2) is 48.8 Å². The summed E-state index contributed by atoms with van der Waals surface area (Å²) in [5.74, 6) is -0.508. The number of imide groups is 1. The van der Waals surface area contributed by atoms with Crippen molar-refractivity contribution in [3.63, 3.8) is 0 Å². The molecule has 0 radical (unpaired) electrons. The number of benzene rings is 1. The molecule has 2 aromatic rings. The molecule has 2 atom stereocenters. The molecule has 0 saturated carbocycles. The van der Waals surface area contributed by atoms with Gasteiger partial charge in [-0.05, 0) is 60.9 Å². The number of carbonyl (C=O) groups is 3. The van der Waals surface area contributed by atoms with Crippen LogP contribution in [-0.4, -0.2) is 45.7 Å². The van der Waals surface area contributed by atoms with Gasteiger partial charge in [0.1, 0.15) is 12.1 Å². The van der Waals surface area contributed by atoms with Crippen LogP contribution in [0, 0.1) is 0 Å². The summed E-state index contributed by atoms with van der Waals surface area (Å²) in [6, 6.07) is 11.1. The van der Waals surface area contributed by atoms with E-state index in [9.17, 15) is 14.4 Å². The Morgan fingerprint density at radius 3 is 2.77 bits per heavy atom. The maximum absolute atomic E-state index is 13.4. The van der Waals surface area contributed by atoms with Gasteiger partial charge in [-0.2, -0.15) is 0 Å². The molecule has 154 valence electrons. The van der Waals surface area contributed by atoms with Gasteiger partial charge < -0.3 is 10.2 Å². The molecule has 2 unspecified atom stereocenters. The predicted molar refractivity (Wildman–Crippen MR) is 109 cm³/mol. The quantitative estimate of drug-likeness (QED) is 0.797. The van der Waals surface area contributed by atoms with E-state index in [1.165, 1.54) is 0 Å². The van der Waals surface area contributed by atoms with Gasteiger partial charge in [0.15, 0.2) is 0 Å². The lowest BCUT2D eigenvalue weighted by molar-refractivity contribution is -0.140. The molecule has 2 aliphatic heterocycles. The molecular formula is C23H24N4O3. The standard InChI is InChI=1S/C23H24N4O3/c28-20(26-14-4-8-19(26)17-9-12-24-13-10-17)15-27-21(29)23(25-22(27)30)11-3-6-16-5-1-2-7-18(16)23/h1-2,5,7,9-10,12-13,19H,3-4,6,8,11,14-15H2,(H,25,30). The van der Waals surface area contributed by atoms with Gasteiger partial charge in [-0.15, -0.1) is 0 Å². The highest BCUT2D eigenvalue weighted by Crippen LogP contribution is 2.40. The second kappa shape index (κ2) is 7.23. The van der Waals surface area contributed by atoms with Gasteiger partial charge in [-0.3, -0.25) is 19.5 Å². The number of aromatic nitrogens is 1. The van der Waals surface area contributed by atoms with Gasteiger partial charge in [0, 0.05) is 18.9 Å². The van der Waals surface area contributed by atoms with E-state index in [0.717, 1.165) is 47.3 Å². The number of nitrogens with zero attached hydrogens (tertiary/aromatic N) is 3. The summed E-state index contributed by atoms with van der Waals surface area (Å²) in [5, 5.41) is 2.92. The average molecular weight is 404 g/mol. The van der Waals surface area contributed by atoms with Crippen LogP contribution in [0.3, 0.4) is 0 Å². The Bertz CT molecular complexity index is 1010. The molecule has 1 N–H and O–H groups in total. The molecule has 7 heteroatoms. The van der Waals surface area contributed by atoms with Crippen LogP contribution < -0.4 is 5.32 Å². The van der Waals surface area contributed by atoms with Crippen molar-refractivity contribution >= 4 is 17.8 Å². The summed E-state index contributed by atoms with van der Waals surface area (Å²) >= 11 is 0. The molecule has 0 bridgehead atoms. The maximum atomic E-state index is 13.4. The number of urea groups is 1. The number of fused-ring (bicyclic) bond motifs is 2. The summed E-state index contributed by atoms with van der Waals surface area (Å²) in [6.45, 7) is 0.402. The minimum Gasteiger partial charge on any atom is -0.334 e. The topological polar surface area (TPSA) is 82.6 Å². The third-order valence-electron chi connectivity index (χ3n) is 6.61. The van der Waals surface area contributed by atoms with E-state index in [2.05, 4.69) is 10.3 Å². The number of rotatable bonds is 3. The van der Waals surface area contributed by atoms with E-state index >= 15 is 0 Å². The van der Waals surface area contributed by atoms with Gasteiger partial charge in [0.2, 0.25) is 5.91 Å². The molecule has 1 spiro atoms. The maximum Gasteiger partial charge on any atom is 0.325 e. The second-order valence-electron chi connectivity index (χ2n) is 8.26. The summed E-state index contributed by atoms with van der Waals surface area (Å²) < 4.78 is 0. The highest BCUT2D eigenvalue weighted by atomic mass is 16.2. The average Bonchev–Trinajstić information content (AvgIpc) is 3.35. The van der Waals surface area contributed by atoms with Crippen LogP contribution in [0.5, 0.6) is 0 Å². The van der Waals surface area contributed by atoms with Gasteiger partial charge in [-0.1, -0.05) is 24.3 Å². The number of carbonyl (C=O) groups excluding carboxylic acids is 3. The molecule has 4 amide bonds. The fourth-order valence-corrected chi connectivity index (χ4v) is 5.18. The molecule has 2 fully saturated rings. The minimum absolute atomic E-state index is 0.0365. The number of hydrogen-bond donors (Lipinski definition) is 1. The van der Waals surface area contributed by atoms with Crippen molar-refractivity contribution in [3.8, 4) is 0 Å². The number of aryl methyl sites for hydroxylation is 1. The summed E-state index contributed by atoms with van der Waals surface area (Å²) in [7, 11) is 0. The van der Waals surface area contributed by atoms with Crippen molar-refractivity contribution in [2.45, 2.75) is 43.7 Å². The minimum atomic E-state index is -1.04. The third-order valence-corrected chi connectivity index (χ3v) is 6.61. The van der Waals surface area contributed by atoms with E-state index in [0.29, 0.717) is 13.0 Å². The second-order valence-corrected chi connectivity index (χ2v) is 8.26. The number of amides is 4. The van der Waals surface area contributed by atoms with Crippen LogP contribution >= 0.6 is 0 Å². The van der Waals surface area contributed by atoms with Crippen molar-refractivity contribution in [3.05, 3.63) is 65.5 Å². The number of nitrogens with one attached hydrogen (secondary N) is 1. The van der Waals surface area contributed by atoms with Crippen molar-refractivity contribution in [2.24, 2.45) is 0 Å². The lowest BCUT2D eigenvalue weighted by Crippen LogP contribution is -2.47. The van der Waals surface area contributed by atoms with Gasteiger partial charge in [0.25, 0.3) is 5.91 Å². The Kier molecular flexibility index (Phi) is 4.53. The van der Waals surface area contributed by atoms with Gasteiger partial charge >= 0.3 is 6.03 Å². The zero-order valence-electron chi connectivity index (χ0n) is 16.7. The Hall–Kier alpha value is -3.22. The van der Waals surface area contributed by atoms with Crippen molar-refractivity contribution in [1.29, 1.82) is 0 Å². The van der Waals surface area contributed by atoms with Crippen molar-refractivity contribution in [2.75, 3.05) is 13.1 Å². The summed E-state index contributed by atoms with van der Waals surface area (Å²) in [6.07, 6.45) is 7.48. The molecule has 3 heterocycles. The third kappa shape index (κ3) is 2.88. The molecule has 30 heavy (non-hydrogen) atoms. The molecule has 5 rings (SSSR count). The smallest absolute Gasteiger partial charge is 0.325 e. The van der Waals surface area contributed by atoms with Crippen molar-refractivity contribution < 1.29 is 14.4 Å². The molecule has 7 nitrogen and oxygen atoms in total. The Morgan fingerprint density at radius 1 is 1.13 bits per heavy atom. The number of hydrogen-bond acceptors (Lipinski definition) is 4. The van der Waals surface area contributed by atoms with Gasteiger partial charge in [0.05, 0.1) is 6.04 Å². The Morgan fingerprint density at radius 2 is 1.93 bits per heavy atom. The lowest BCUT2D eigenvalue weighted by Gasteiger charge is -2.33. The molecular weight excluding hydrogens is 380 g/mol. The zero-order valence-corrected chi connectivity index (χ0v) is 16.7. The summed E-state index contributed by atoms with van der Waals surface area (Å²) in [5.41, 5.74) is 1.94. The monoisotopic (exact) mass is 404 g/mol. The fraction of sp³-hybridized carbons (Fsp3) is 0.391. The molecule has 1 aliphatic carbocycles. The first-order valence-corrected chi connectivity index (χ1v) is 10.5. The zero-order chi connectivity index (χ0) is 20.7. The molecule has 1 aromatic heterocycles. The molecule has 1 aromatic carbocycles. The highest BCUT2D eigenvalue weighted by Gasteiger charge is 2.54. The van der Waals surface area contributed by atoms with Crippen LogP contribution in [0.2, 0.25) is 0 Å². The largest absolute Gasteiger partial charge is 0.334 e. The normalized spacial score (nSPS) is 25.5. The van der Waals surface area contributed by atoms with E-state index < -0.39 is 11.6 Å². The Labute approximate surface area is 175 Å². The number of pyridine rings is 1. The van der Waals surface area contributed by atoms with Gasteiger partial charge in [-0.25, -0.2) is 4.79 Å². The first kappa shape index (κ1) is 18.8. The highest BCUT2D eigenvalue weighted by molar-refractivity contribution is 6.09. The Balaban J connectivity index is 1.38. The van der Waals surface area contributed by atoms with Crippen LogP contribution in [0.25, 0.3) is 0 Å². The number of likely N-dealkylation sites (tertiary alicyclic amines) is 1. The van der Waals surface area contributed by atoms with Crippen LogP contribution in [0.4, 0.5) is 4.79 Å². The predicted octanol–water partition coefficient (Wildman–Crippen LogP) is 2.53. The first-order valence-electron chi connectivity index (χ1n) is 10.5. The first-order chi connectivity index (χ1) is 14.6. The lowest BCUT2D eigenvalue weighted by atomic mass is 9.76. The molecule has 3 aliphatic rings. The van der Waals surface area contributed by atoms with Crippen LogP contribution in [0.1, 0.15) is 48.4 Å². The SMILES string of the molecule is O=C1NC2(CCCc3ccccc32)C(=O)N1CC(=O)N1CCCC1c1ccncc1. The van der Waals surface area contributed by atoms with E-state index in [-0.39, 0.29) is 24.4 Å². The van der Waals surface area contributed by atoms with Crippen molar-refractivity contribution in [1.82, 2.24) is 20.1 Å². The fourth-order valence-electron chi connectivity index (χ4n) is 5.18. The van der Waals surface area contributed by atoms with E-state index in [1.807, 2.05) is 36.4 Å². The van der Waals surface area contributed by atoms with Crippen LogP contribution in [-0.2, 0) is 21.5 Å². The van der Waals surface area contributed by atoms with E-state index in [1.54, 1.807) is 17.3 Å². The molecule has 2 saturated heterocycles. The summed E-state index contributed by atoms with van der Waals surface area (Å²) in [4.78, 5) is 46.3.